The summed E-state index contributed by atoms with van der Waals surface area (Å²) in [6, 6.07) is 12.8. The van der Waals surface area contributed by atoms with Crippen LogP contribution in [-0.4, -0.2) is 30.2 Å². The van der Waals surface area contributed by atoms with E-state index in [9.17, 15) is 9.59 Å². The maximum Gasteiger partial charge on any atom is 0.251 e. The van der Waals surface area contributed by atoms with Crippen LogP contribution in [0.15, 0.2) is 42.5 Å². The summed E-state index contributed by atoms with van der Waals surface area (Å²) in [6.07, 6.45) is 4.46. The highest BCUT2D eigenvalue weighted by molar-refractivity contribution is 7.98. The second-order valence-corrected chi connectivity index (χ2v) is 8.87. The number of fused-ring (bicyclic) bond motifs is 1. The van der Waals surface area contributed by atoms with Crippen molar-refractivity contribution in [2.75, 3.05) is 22.9 Å². The molecule has 3 N–H and O–H groups in total. The minimum absolute atomic E-state index is 0.0850. The number of hydrogen-bond acceptors (Lipinski definition) is 4. The number of nitrogens with one attached hydrogen (secondary N) is 3. The number of carbonyl (C=O) groups is 2. The van der Waals surface area contributed by atoms with Crippen molar-refractivity contribution in [3.05, 3.63) is 58.6 Å². The third-order valence-electron chi connectivity index (χ3n) is 4.94. The van der Waals surface area contributed by atoms with Crippen molar-refractivity contribution in [2.24, 2.45) is 0 Å². The first kappa shape index (κ1) is 22.5. The van der Waals surface area contributed by atoms with Gasteiger partial charge in [-0.15, -0.1) is 0 Å². The third kappa shape index (κ3) is 6.41. The molecule has 0 saturated heterocycles. The average Bonchev–Trinajstić information content (AvgIpc) is 2.73. The van der Waals surface area contributed by atoms with Crippen molar-refractivity contribution in [1.29, 1.82) is 0 Å². The molecule has 3 rings (SSSR count). The van der Waals surface area contributed by atoms with E-state index in [4.69, 9.17) is 11.6 Å². The van der Waals surface area contributed by atoms with Crippen LogP contribution in [0.2, 0.25) is 5.02 Å². The van der Waals surface area contributed by atoms with Gasteiger partial charge in [-0.1, -0.05) is 49.9 Å². The molecule has 2 aromatic carbocycles. The van der Waals surface area contributed by atoms with Gasteiger partial charge in [-0.25, -0.2) is 0 Å². The van der Waals surface area contributed by atoms with E-state index in [0.29, 0.717) is 23.5 Å². The van der Waals surface area contributed by atoms with Crippen molar-refractivity contribution < 1.29 is 9.59 Å². The predicted octanol–water partition coefficient (Wildman–Crippen LogP) is 5.32. The molecule has 0 bridgehead atoms. The average molecular weight is 446 g/mol. The molecule has 0 saturated carbocycles. The summed E-state index contributed by atoms with van der Waals surface area (Å²) in [7, 11) is 0. The molecule has 1 aliphatic rings. The van der Waals surface area contributed by atoms with E-state index < -0.39 is 0 Å². The second kappa shape index (κ2) is 11.3. The molecule has 0 aliphatic carbocycles. The van der Waals surface area contributed by atoms with Crippen LogP contribution in [0.5, 0.6) is 0 Å². The highest BCUT2D eigenvalue weighted by atomic mass is 35.5. The molecular weight excluding hydrogens is 418 g/mol. The van der Waals surface area contributed by atoms with Gasteiger partial charge in [-0.05, 0) is 42.3 Å². The highest BCUT2D eigenvalue weighted by Crippen LogP contribution is 2.29. The molecule has 30 heavy (non-hydrogen) atoms. The molecule has 1 unspecified atom stereocenters. The van der Waals surface area contributed by atoms with E-state index in [0.717, 1.165) is 34.9 Å². The zero-order valence-corrected chi connectivity index (χ0v) is 18.7. The molecule has 0 spiro atoms. The van der Waals surface area contributed by atoms with Crippen LogP contribution in [0.25, 0.3) is 0 Å². The summed E-state index contributed by atoms with van der Waals surface area (Å²) in [5, 5.41) is 9.88. The fourth-order valence-corrected chi connectivity index (χ4v) is 4.50. The number of unbranched alkanes of at least 4 members (excludes halogenated alkanes) is 3. The molecule has 1 heterocycles. The number of anilines is 2. The number of benzene rings is 2. The molecule has 7 heteroatoms. The van der Waals surface area contributed by atoms with Crippen molar-refractivity contribution in [2.45, 2.75) is 44.4 Å². The number of thioether (sulfide) groups is 1. The number of rotatable bonds is 10. The molecular formula is C23H28ClN3O2S. The minimum Gasteiger partial charge on any atom is -0.371 e. The Kier molecular flexibility index (Phi) is 8.46. The van der Waals surface area contributed by atoms with E-state index in [2.05, 4.69) is 22.9 Å². The van der Waals surface area contributed by atoms with Gasteiger partial charge in [0.2, 0.25) is 5.91 Å². The van der Waals surface area contributed by atoms with Gasteiger partial charge in [0.25, 0.3) is 5.91 Å². The summed E-state index contributed by atoms with van der Waals surface area (Å²) in [5.74, 6) is 1.23. The fourth-order valence-electron chi connectivity index (χ4n) is 3.28. The number of hydrogen-bond donors (Lipinski definition) is 3. The van der Waals surface area contributed by atoms with E-state index in [1.807, 2.05) is 30.3 Å². The maximum absolute atomic E-state index is 12.5. The van der Waals surface area contributed by atoms with Crippen LogP contribution in [0, 0.1) is 0 Å². The normalized spacial score (nSPS) is 15.1. The summed E-state index contributed by atoms with van der Waals surface area (Å²) in [5.41, 5.74) is 3.17. The van der Waals surface area contributed by atoms with Gasteiger partial charge in [0.05, 0.1) is 11.4 Å². The van der Waals surface area contributed by atoms with Gasteiger partial charge >= 0.3 is 0 Å². The third-order valence-corrected chi connectivity index (χ3v) is 6.29. The van der Waals surface area contributed by atoms with Crippen LogP contribution < -0.4 is 16.0 Å². The lowest BCUT2D eigenvalue weighted by Gasteiger charge is -2.27. The van der Waals surface area contributed by atoms with Crippen molar-refractivity contribution in [3.63, 3.8) is 0 Å². The summed E-state index contributed by atoms with van der Waals surface area (Å²) >= 11 is 7.70. The lowest BCUT2D eigenvalue weighted by Crippen LogP contribution is -2.40. The Balaban J connectivity index is 1.51. The SMILES string of the molecule is CCCCCCNC(=O)c1ccc2c(c1)NC(=O)C(CSCc1cccc(Cl)c1)N2. The molecule has 5 nitrogen and oxygen atoms in total. The summed E-state index contributed by atoms with van der Waals surface area (Å²) in [6.45, 7) is 2.84. The first-order valence-corrected chi connectivity index (χ1v) is 11.9. The zero-order chi connectivity index (χ0) is 21.3. The Morgan fingerprint density at radius 1 is 1.13 bits per heavy atom. The van der Waals surface area contributed by atoms with E-state index in [1.54, 1.807) is 23.9 Å². The largest absolute Gasteiger partial charge is 0.371 e. The van der Waals surface area contributed by atoms with E-state index in [1.165, 1.54) is 12.8 Å². The standard InChI is InChI=1S/C23H28ClN3O2S/c1-2-3-4-5-11-25-22(28)17-9-10-19-20(13-17)27-23(29)21(26-19)15-30-14-16-7-6-8-18(24)12-16/h6-10,12-13,21,26H,2-5,11,14-15H2,1H3,(H,25,28)(H,27,29). The maximum atomic E-state index is 12.5. The smallest absolute Gasteiger partial charge is 0.251 e. The van der Waals surface area contributed by atoms with Crippen LogP contribution >= 0.6 is 23.4 Å². The van der Waals surface area contributed by atoms with Gasteiger partial charge in [-0.2, -0.15) is 11.8 Å². The molecule has 2 amide bonds. The van der Waals surface area contributed by atoms with Gasteiger partial charge in [0.1, 0.15) is 6.04 Å². The Labute approximate surface area is 187 Å². The Bertz CT molecular complexity index is 891. The van der Waals surface area contributed by atoms with E-state index >= 15 is 0 Å². The first-order valence-electron chi connectivity index (χ1n) is 10.4. The topological polar surface area (TPSA) is 70.2 Å². The number of amides is 2. The van der Waals surface area contributed by atoms with Crippen molar-refractivity contribution in [3.8, 4) is 0 Å². The summed E-state index contributed by atoms with van der Waals surface area (Å²) in [4.78, 5) is 24.9. The van der Waals surface area contributed by atoms with Crippen LogP contribution in [-0.2, 0) is 10.5 Å². The number of halogens is 1. The van der Waals surface area contributed by atoms with Crippen LogP contribution in [0.1, 0.15) is 48.5 Å². The summed E-state index contributed by atoms with van der Waals surface area (Å²) < 4.78 is 0. The van der Waals surface area contributed by atoms with Crippen molar-refractivity contribution >= 4 is 46.6 Å². The van der Waals surface area contributed by atoms with Crippen LogP contribution in [0.4, 0.5) is 11.4 Å². The minimum atomic E-state index is -0.320. The monoisotopic (exact) mass is 445 g/mol. The Morgan fingerprint density at radius 2 is 2.00 bits per heavy atom. The van der Waals surface area contributed by atoms with Gasteiger partial charge in [-0.3, -0.25) is 9.59 Å². The first-order chi connectivity index (χ1) is 14.6. The van der Waals surface area contributed by atoms with Gasteiger partial charge in [0, 0.05) is 28.6 Å². The molecule has 160 valence electrons. The Hall–Kier alpha value is -2.18. The lowest BCUT2D eigenvalue weighted by atomic mass is 10.1. The molecule has 0 aromatic heterocycles. The Morgan fingerprint density at radius 3 is 2.80 bits per heavy atom. The quantitative estimate of drug-likeness (QED) is 0.433. The predicted molar refractivity (Wildman–Crippen MR) is 127 cm³/mol. The highest BCUT2D eigenvalue weighted by Gasteiger charge is 2.26. The molecule has 0 fully saturated rings. The van der Waals surface area contributed by atoms with Gasteiger partial charge in [0.15, 0.2) is 0 Å². The van der Waals surface area contributed by atoms with Gasteiger partial charge < -0.3 is 16.0 Å². The molecule has 2 aromatic rings. The number of carbonyl (C=O) groups excluding carboxylic acids is 2. The molecule has 0 radical (unpaired) electrons. The lowest BCUT2D eigenvalue weighted by molar-refractivity contribution is -0.116. The second-order valence-electron chi connectivity index (χ2n) is 7.41. The zero-order valence-electron chi connectivity index (χ0n) is 17.2. The van der Waals surface area contributed by atoms with Crippen molar-refractivity contribution in [1.82, 2.24) is 5.32 Å². The molecule has 1 aliphatic heterocycles. The fraction of sp³-hybridized carbons (Fsp3) is 0.391. The van der Waals surface area contributed by atoms with Crippen LogP contribution in [0.3, 0.4) is 0 Å². The molecule has 1 atom stereocenters. The van der Waals surface area contributed by atoms with E-state index in [-0.39, 0.29) is 17.9 Å².